The Hall–Kier alpha value is -1.60. The summed E-state index contributed by atoms with van der Waals surface area (Å²) in [5.74, 6) is -0.630. The molecule has 0 spiro atoms. The number of piperidine rings is 1. The van der Waals surface area contributed by atoms with Crippen molar-refractivity contribution in [3.63, 3.8) is 0 Å². The highest BCUT2D eigenvalue weighted by molar-refractivity contribution is 7.91. The molecule has 7 heteroatoms. The number of carboxylic acids is 1. The fourth-order valence-electron chi connectivity index (χ4n) is 3.87. The van der Waals surface area contributed by atoms with Crippen molar-refractivity contribution < 1.29 is 23.1 Å². The van der Waals surface area contributed by atoms with Gasteiger partial charge >= 0.3 is 5.97 Å². The second-order valence-corrected chi connectivity index (χ2v) is 10.6. The molecule has 170 valence electrons. The molecule has 0 amide bonds. The van der Waals surface area contributed by atoms with Crippen LogP contribution >= 0.6 is 0 Å². The third-order valence-electron chi connectivity index (χ3n) is 5.75. The van der Waals surface area contributed by atoms with E-state index in [4.69, 9.17) is 4.74 Å². The van der Waals surface area contributed by atoms with E-state index in [-0.39, 0.29) is 17.9 Å². The molecule has 1 fully saturated rings. The van der Waals surface area contributed by atoms with E-state index in [9.17, 15) is 18.3 Å². The van der Waals surface area contributed by atoms with Crippen LogP contribution in [0.2, 0.25) is 0 Å². The highest BCUT2D eigenvalue weighted by Crippen LogP contribution is 2.20. The Morgan fingerprint density at radius 3 is 2.50 bits per heavy atom. The lowest BCUT2D eigenvalue weighted by atomic mass is 9.93. The Morgan fingerprint density at radius 1 is 1.17 bits per heavy atom. The van der Waals surface area contributed by atoms with Gasteiger partial charge in [0.1, 0.15) is 5.75 Å². The summed E-state index contributed by atoms with van der Waals surface area (Å²) in [5.41, 5.74) is 0.811. The SMILES string of the molecule is CCCCS(=O)(=O)CC(Cc1ccc(OCCCCC2CCNCC2)cc1)C(=O)O. The summed E-state index contributed by atoms with van der Waals surface area (Å²) in [6.07, 6.45) is 7.57. The van der Waals surface area contributed by atoms with Crippen LogP contribution in [-0.4, -0.2) is 50.7 Å². The predicted octanol–water partition coefficient (Wildman–Crippen LogP) is 3.69. The minimum Gasteiger partial charge on any atom is -0.494 e. The smallest absolute Gasteiger partial charge is 0.307 e. The summed E-state index contributed by atoms with van der Waals surface area (Å²) in [6, 6.07) is 7.34. The molecule has 0 bridgehead atoms. The van der Waals surface area contributed by atoms with Crippen LogP contribution in [0.4, 0.5) is 0 Å². The lowest BCUT2D eigenvalue weighted by Gasteiger charge is -2.22. The first-order chi connectivity index (χ1) is 14.4. The van der Waals surface area contributed by atoms with E-state index in [1.54, 1.807) is 0 Å². The first kappa shape index (κ1) is 24.7. The van der Waals surface area contributed by atoms with Crippen LogP contribution < -0.4 is 10.1 Å². The molecule has 1 aromatic rings. The monoisotopic (exact) mass is 439 g/mol. The Bertz CT molecular complexity index is 726. The lowest BCUT2D eigenvalue weighted by molar-refractivity contribution is -0.140. The molecule has 0 aliphatic carbocycles. The maximum Gasteiger partial charge on any atom is 0.307 e. The molecule has 1 saturated heterocycles. The molecular formula is C23H37NO5S. The highest BCUT2D eigenvalue weighted by Gasteiger charge is 2.25. The molecule has 30 heavy (non-hydrogen) atoms. The van der Waals surface area contributed by atoms with Crippen LogP contribution in [0.25, 0.3) is 0 Å². The maximum absolute atomic E-state index is 12.1. The van der Waals surface area contributed by atoms with Gasteiger partial charge < -0.3 is 15.2 Å². The number of hydrogen-bond acceptors (Lipinski definition) is 5. The predicted molar refractivity (Wildman–Crippen MR) is 120 cm³/mol. The van der Waals surface area contributed by atoms with E-state index >= 15 is 0 Å². The minimum absolute atomic E-state index is 0.0533. The topological polar surface area (TPSA) is 92.7 Å². The van der Waals surface area contributed by atoms with Gasteiger partial charge in [0.25, 0.3) is 0 Å². The van der Waals surface area contributed by atoms with Gasteiger partial charge in [0.2, 0.25) is 0 Å². The van der Waals surface area contributed by atoms with E-state index in [0.29, 0.717) is 13.0 Å². The molecule has 2 rings (SSSR count). The molecule has 0 saturated carbocycles. The quantitative estimate of drug-likeness (QED) is 0.430. The van der Waals surface area contributed by atoms with Gasteiger partial charge in [0, 0.05) is 0 Å². The van der Waals surface area contributed by atoms with Gasteiger partial charge in [-0.1, -0.05) is 31.9 Å². The number of hydrogen-bond donors (Lipinski definition) is 2. The van der Waals surface area contributed by atoms with Crippen molar-refractivity contribution in [3.8, 4) is 5.75 Å². The molecule has 1 aliphatic heterocycles. The molecular weight excluding hydrogens is 402 g/mol. The van der Waals surface area contributed by atoms with Gasteiger partial charge in [-0.15, -0.1) is 0 Å². The summed E-state index contributed by atoms with van der Waals surface area (Å²) < 4.78 is 30.1. The van der Waals surface area contributed by atoms with Crippen molar-refractivity contribution in [3.05, 3.63) is 29.8 Å². The maximum atomic E-state index is 12.1. The van der Waals surface area contributed by atoms with Crippen LogP contribution in [0.1, 0.15) is 57.4 Å². The first-order valence-electron chi connectivity index (χ1n) is 11.3. The van der Waals surface area contributed by atoms with Crippen molar-refractivity contribution in [2.45, 2.75) is 58.3 Å². The summed E-state index contributed by atoms with van der Waals surface area (Å²) >= 11 is 0. The van der Waals surface area contributed by atoms with Gasteiger partial charge in [-0.3, -0.25) is 4.79 Å². The number of sulfone groups is 1. The van der Waals surface area contributed by atoms with Gasteiger partial charge in [-0.2, -0.15) is 0 Å². The standard InChI is InChI=1S/C23H37NO5S/c1-2-3-16-30(27,28)18-21(23(25)26)17-20-7-9-22(10-8-20)29-15-5-4-6-19-11-13-24-14-12-19/h7-10,19,21,24H,2-6,11-18H2,1H3,(H,25,26). The van der Waals surface area contributed by atoms with Crippen LogP contribution in [-0.2, 0) is 21.1 Å². The zero-order valence-electron chi connectivity index (χ0n) is 18.1. The number of nitrogens with one attached hydrogen (secondary N) is 1. The average Bonchev–Trinajstić information content (AvgIpc) is 2.73. The lowest BCUT2D eigenvalue weighted by Crippen LogP contribution is -2.27. The Morgan fingerprint density at radius 2 is 1.87 bits per heavy atom. The fraction of sp³-hybridized carbons (Fsp3) is 0.696. The third-order valence-corrected chi connectivity index (χ3v) is 7.57. The number of aliphatic carboxylic acids is 1. The molecule has 1 unspecified atom stereocenters. The number of rotatable bonds is 14. The average molecular weight is 440 g/mol. The van der Waals surface area contributed by atoms with Crippen molar-refractivity contribution in [1.29, 1.82) is 0 Å². The molecule has 1 aliphatic rings. The Balaban J connectivity index is 1.74. The number of unbranched alkanes of at least 4 members (excludes halogenated alkanes) is 2. The van der Waals surface area contributed by atoms with Crippen LogP contribution in [0.3, 0.4) is 0 Å². The number of benzene rings is 1. The van der Waals surface area contributed by atoms with Gasteiger partial charge in [-0.05, 0) is 75.2 Å². The van der Waals surface area contributed by atoms with Crippen molar-refractivity contribution >= 4 is 15.8 Å². The molecule has 1 atom stereocenters. The van der Waals surface area contributed by atoms with E-state index in [1.807, 2.05) is 31.2 Å². The van der Waals surface area contributed by atoms with E-state index < -0.39 is 21.7 Å². The largest absolute Gasteiger partial charge is 0.494 e. The normalized spacial score (nSPS) is 16.3. The second kappa shape index (κ2) is 13.0. The molecule has 2 N–H and O–H groups in total. The fourth-order valence-corrected chi connectivity index (χ4v) is 5.64. The summed E-state index contributed by atoms with van der Waals surface area (Å²) in [6.45, 7) is 4.88. The molecule has 6 nitrogen and oxygen atoms in total. The van der Waals surface area contributed by atoms with Crippen LogP contribution in [0.15, 0.2) is 24.3 Å². The Kier molecular flexibility index (Phi) is 10.6. The number of carboxylic acid groups (broad SMARTS) is 1. The van der Waals surface area contributed by atoms with Crippen LogP contribution in [0, 0.1) is 11.8 Å². The molecule has 0 radical (unpaired) electrons. The van der Waals surface area contributed by atoms with E-state index in [1.165, 1.54) is 25.7 Å². The third kappa shape index (κ3) is 9.47. The summed E-state index contributed by atoms with van der Waals surface area (Å²) in [7, 11) is -3.35. The van der Waals surface area contributed by atoms with Crippen LogP contribution in [0.5, 0.6) is 5.75 Å². The first-order valence-corrected chi connectivity index (χ1v) is 13.1. The van der Waals surface area contributed by atoms with Gasteiger partial charge in [0.15, 0.2) is 9.84 Å². The highest BCUT2D eigenvalue weighted by atomic mass is 32.2. The van der Waals surface area contributed by atoms with Crippen molar-refractivity contribution in [1.82, 2.24) is 5.32 Å². The molecule has 0 aromatic heterocycles. The zero-order valence-corrected chi connectivity index (χ0v) is 19.0. The van der Waals surface area contributed by atoms with Gasteiger partial charge in [-0.25, -0.2) is 8.42 Å². The second-order valence-electron chi connectivity index (χ2n) is 8.39. The van der Waals surface area contributed by atoms with Gasteiger partial charge in [0.05, 0.1) is 24.0 Å². The van der Waals surface area contributed by atoms with Crippen molar-refractivity contribution in [2.24, 2.45) is 11.8 Å². The van der Waals surface area contributed by atoms with E-state index in [2.05, 4.69) is 5.32 Å². The number of carbonyl (C=O) groups is 1. The molecule has 1 aromatic carbocycles. The van der Waals surface area contributed by atoms with E-state index in [0.717, 1.165) is 43.2 Å². The summed E-state index contributed by atoms with van der Waals surface area (Å²) in [4.78, 5) is 11.5. The summed E-state index contributed by atoms with van der Waals surface area (Å²) in [5, 5.41) is 12.8. The zero-order chi connectivity index (χ0) is 21.8. The molecule has 1 heterocycles. The minimum atomic E-state index is -3.35. The Labute approximate surface area is 181 Å². The number of ether oxygens (including phenoxy) is 1. The van der Waals surface area contributed by atoms with Crippen molar-refractivity contribution in [2.75, 3.05) is 31.2 Å².